The van der Waals surface area contributed by atoms with Crippen molar-refractivity contribution >= 4 is 33.8 Å². The highest BCUT2D eigenvalue weighted by Gasteiger charge is 2.26. The van der Waals surface area contributed by atoms with Gasteiger partial charge in [-0.3, -0.25) is 4.79 Å². The summed E-state index contributed by atoms with van der Waals surface area (Å²) >= 11 is 1.17. The topological polar surface area (TPSA) is 81.4 Å². The molecule has 0 aliphatic heterocycles. The number of carbonyl (C=O) groups excluding carboxylic acids is 2. The summed E-state index contributed by atoms with van der Waals surface area (Å²) in [6, 6.07) is 0. The van der Waals surface area contributed by atoms with Crippen molar-refractivity contribution < 1.29 is 14.3 Å². The molecule has 0 aromatic carbocycles. The Balaban J connectivity index is 3.29. The number of hydrogen-bond donors (Lipinski definition) is 2. The molecule has 0 amide bonds. The molecular weight excluding hydrogens is 264 g/mol. The monoisotopic (exact) mass is 282 g/mol. The fourth-order valence-electron chi connectivity index (χ4n) is 1.48. The standard InChI is InChI=1S/C13H18N2O3S/c1-5-6-15-12-8(13(17)18-4)9(14)11(19-12)10(16)7(2)3/h5,7,15H,1,6,14H2,2-4H3. The lowest BCUT2D eigenvalue weighted by Crippen LogP contribution is -2.11. The highest BCUT2D eigenvalue weighted by molar-refractivity contribution is 7.19. The molecule has 0 spiro atoms. The summed E-state index contributed by atoms with van der Waals surface area (Å²) in [5.74, 6) is -0.818. The first-order chi connectivity index (χ1) is 8.93. The van der Waals surface area contributed by atoms with E-state index in [0.29, 0.717) is 16.4 Å². The molecule has 0 radical (unpaired) electrons. The van der Waals surface area contributed by atoms with E-state index in [4.69, 9.17) is 10.5 Å². The van der Waals surface area contributed by atoms with Crippen LogP contribution in [0.15, 0.2) is 12.7 Å². The van der Waals surface area contributed by atoms with E-state index in [9.17, 15) is 9.59 Å². The van der Waals surface area contributed by atoms with E-state index in [0.717, 1.165) is 0 Å². The minimum absolute atomic E-state index is 0.0840. The van der Waals surface area contributed by atoms with Gasteiger partial charge in [0.2, 0.25) is 0 Å². The maximum atomic E-state index is 12.0. The van der Waals surface area contributed by atoms with E-state index in [1.54, 1.807) is 19.9 Å². The minimum atomic E-state index is -0.553. The van der Waals surface area contributed by atoms with E-state index >= 15 is 0 Å². The van der Waals surface area contributed by atoms with Crippen LogP contribution >= 0.6 is 11.3 Å². The fourth-order valence-corrected chi connectivity index (χ4v) is 2.69. The second-order valence-electron chi connectivity index (χ2n) is 4.23. The number of ketones is 1. The highest BCUT2D eigenvalue weighted by Crippen LogP contribution is 2.37. The maximum Gasteiger partial charge on any atom is 0.343 e. The van der Waals surface area contributed by atoms with Crippen LogP contribution in [0.1, 0.15) is 33.9 Å². The number of esters is 1. The Hall–Kier alpha value is -1.82. The molecule has 1 heterocycles. The largest absolute Gasteiger partial charge is 0.465 e. The van der Waals surface area contributed by atoms with Crippen molar-refractivity contribution in [1.82, 2.24) is 0 Å². The van der Waals surface area contributed by atoms with Crippen molar-refractivity contribution in [3.8, 4) is 0 Å². The third-order valence-electron chi connectivity index (χ3n) is 2.49. The number of methoxy groups -OCH3 is 1. The molecule has 0 fully saturated rings. The first-order valence-electron chi connectivity index (χ1n) is 5.83. The number of rotatable bonds is 6. The van der Waals surface area contributed by atoms with Gasteiger partial charge in [0, 0.05) is 12.5 Å². The molecule has 0 atom stereocenters. The van der Waals surface area contributed by atoms with Crippen LogP contribution in [0.2, 0.25) is 0 Å². The van der Waals surface area contributed by atoms with Crippen LogP contribution < -0.4 is 11.1 Å². The molecule has 0 aliphatic carbocycles. The maximum absolute atomic E-state index is 12.0. The second kappa shape index (κ2) is 6.38. The van der Waals surface area contributed by atoms with Gasteiger partial charge in [-0.1, -0.05) is 19.9 Å². The van der Waals surface area contributed by atoms with Gasteiger partial charge in [-0.15, -0.1) is 17.9 Å². The molecule has 3 N–H and O–H groups in total. The first kappa shape index (κ1) is 15.2. The van der Waals surface area contributed by atoms with Crippen molar-refractivity contribution in [3.05, 3.63) is 23.1 Å². The van der Waals surface area contributed by atoms with Crippen molar-refractivity contribution in [2.24, 2.45) is 5.92 Å². The Morgan fingerprint density at radius 3 is 2.63 bits per heavy atom. The van der Waals surface area contributed by atoms with Crippen LogP contribution in [-0.4, -0.2) is 25.4 Å². The zero-order valence-electron chi connectivity index (χ0n) is 11.3. The average molecular weight is 282 g/mol. The lowest BCUT2D eigenvalue weighted by molar-refractivity contribution is 0.0603. The number of thiophene rings is 1. The van der Waals surface area contributed by atoms with Gasteiger partial charge in [-0.25, -0.2) is 4.79 Å². The summed E-state index contributed by atoms with van der Waals surface area (Å²) in [7, 11) is 1.28. The number of carbonyl (C=O) groups is 2. The Labute approximate surface area is 116 Å². The summed E-state index contributed by atoms with van der Waals surface area (Å²) in [5, 5.41) is 3.54. The molecule has 0 unspecified atom stereocenters. The predicted octanol–water partition coefficient (Wildman–Crippen LogP) is 2.55. The smallest absolute Gasteiger partial charge is 0.343 e. The van der Waals surface area contributed by atoms with Gasteiger partial charge in [0.05, 0.1) is 17.7 Å². The molecule has 0 aliphatic rings. The molecule has 104 valence electrons. The van der Waals surface area contributed by atoms with Crippen molar-refractivity contribution in [3.63, 3.8) is 0 Å². The number of ether oxygens (including phenoxy) is 1. The van der Waals surface area contributed by atoms with Crippen LogP contribution in [-0.2, 0) is 4.74 Å². The van der Waals surface area contributed by atoms with Crippen molar-refractivity contribution in [2.75, 3.05) is 24.7 Å². The van der Waals surface area contributed by atoms with Gasteiger partial charge in [0.25, 0.3) is 0 Å². The molecule has 1 rings (SSSR count). The number of anilines is 2. The van der Waals surface area contributed by atoms with Gasteiger partial charge >= 0.3 is 5.97 Å². The molecule has 0 saturated carbocycles. The van der Waals surface area contributed by atoms with Gasteiger partial charge in [0.1, 0.15) is 10.6 Å². The molecule has 6 heteroatoms. The Kier molecular flexibility index (Phi) is 5.11. The van der Waals surface area contributed by atoms with E-state index < -0.39 is 5.97 Å². The number of nitrogens with two attached hydrogens (primary N) is 1. The van der Waals surface area contributed by atoms with Gasteiger partial charge < -0.3 is 15.8 Å². The van der Waals surface area contributed by atoms with Crippen LogP contribution in [0.25, 0.3) is 0 Å². The Morgan fingerprint density at radius 2 is 2.16 bits per heavy atom. The molecule has 0 bridgehead atoms. The Bertz CT molecular complexity index is 506. The third-order valence-corrected chi connectivity index (χ3v) is 3.67. The zero-order chi connectivity index (χ0) is 14.6. The summed E-state index contributed by atoms with van der Waals surface area (Å²) in [5.41, 5.74) is 6.32. The fraction of sp³-hybridized carbons (Fsp3) is 0.385. The quantitative estimate of drug-likeness (QED) is 0.476. The number of nitrogen functional groups attached to an aromatic ring is 1. The zero-order valence-corrected chi connectivity index (χ0v) is 12.1. The van der Waals surface area contributed by atoms with Crippen LogP contribution in [0.4, 0.5) is 10.7 Å². The van der Waals surface area contributed by atoms with E-state index in [1.807, 2.05) is 0 Å². The second-order valence-corrected chi connectivity index (χ2v) is 5.25. The van der Waals surface area contributed by atoms with Gasteiger partial charge in [0.15, 0.2) is 5.78 Å². The van der Waals surface area contributed by atoms with Crippen LogP contribution in [0.3, 0.4) is 0 Å². The van der Waals surface area contributed by atoms with Gasteiger partial charge in [-0.05, 0) is 0 Å². The SMILES string of the molecule is C=CCNc1sc(C(=O)C(C)C)c(N)c1C(=O)OC. The van der Waals surface area contributed by atoms with E-state index in [2.05, 4.69) is 11.9 Å². The third kappa shape index (κ3) is 3.14. The summed E-state index contributed by atoms with van der Waals surface area (Å²) in [6.45, 7) is 7.64. The minimum Gasteiger partial charge on any atom is -0.465 e. The molecule has 5 nitrogen and oxygen atoms in total. The van der Waals surface area contributed by atoms with Crippen molar-refractivity contribution in [1.29, 1.82) is 0 Å². The number of Topliss-reactive ketones (excluding diaryl/α,β-unsaturated/α-hetero) is 1. The summed E-state index contributed by atoms with van der Waals surface area (Å²) < 4.78 is 4.70. The predicted molar refractivity (Wildman–Crippen MR) is 77.9 cm³/mol. The average Bonchev–Trinajstić information content (AvgIpc) is 2.71. The molecule has 0 saturated heterocycles. The van der Waals surface area contributed by atoms with E-state index in [1.165, 1.54) is 18.4 Å². The number of nitrogens with one attached hydrogen (secondary N) is 1. The van der Waals surface area contributed by atoms with Crippen LogP contribution in [0, 0.1) is 5.92 Å². The molecule has 1 aromatic rings. The lowest BCUT2D eigenvalue weighted by atomic mass is 10.1. The highest BCUT2D eigenvalue weighted by atomic mass is 32.1. The molecular formula is C13H18N2O3S. The lowest BCUT2D eigenvalue weighted by Gasteiger charge is -2.04. The first-order valence-corrected chi connectivity index (χ1v) is 6.65. The Morgan fingerprint density at radius 1 is 1.53 bits per heavy atom. The van der Waals surface area contributed by atoms with Crippen LogP contribution in [0.5, 0.6) is 0 Å². The number of hydrogen-bond acceptors (Lipinski definition) is 6. The van der Waals surface area contributed by atoms with Crippen molar-refractivity contribution in [2.45, 2.75) is 13.8 Å². The summed E-state index contributed by atoms with van der Waals surface area (Å²) in [4.78, 5) is 24.2. The molecule has 19 heavy (non-hydrogen) atoms. The van der Waals surface area contributed by atoms with Gasteiger partial charge in [-0.2, -0.15) is 0 Å². The summed E-state index contributed by atoms with van der Waals surface area (Å²) in [6.07, 6.45) is 1.65. The van der Waals surface area contributed by atoms with E-state index in [-0.39, 0.29) is 23.0 Å². The normalized spacial score (nSPS) is 10.3. The molecule has 1 aromatic heterocycles.